The van der Waals surface area contributed by atoms with Gasteiger partial charge in [0.1, 0.15) is 0 Å². The SMILES string of the molecule is CCNC(Cc1cccc(C)c1)c1cccc(I)c1. The lowest BCUT2D eigenvalue weighted by molar-refractivity contribution is 0.549. The molecule has 1 unspecified atom stereocenters. The molecule has 2 heteroatoms. The average Bonchev–Trinajstić information content (AvgIpc) is 2.38. The Kier molecular flexibility index (Phi) is 5.40. The summed E-state index contributed by atoms with van der Waals surface area (Å²) in [5.74, 6) is 0. The Morgan fingerprint density at radius 3 is 2.58 bits per heavy atom. The van der Waals surface area contributed by atoms with Crippen LogP contribution in [0, 0.1) is 10.5 Å². The lowest BCUT2D eigenvalue weighted by Gasteiger charge is -2.19. The van der Waals surface area contributed by atoms with Gasteiger partial charge in [-0.15, -0.1) is 0 Å². The zero-order chi connectivity index (χ0) is 13.7. The monoisotopic (exact) mass is 365 g/mol. The molecule has 2 rings (SSSR count). The van der Waals surface area contributed by atoms with Gasteiger partial charge in [0.05, 0.1) is 0 Å². The molecule has 2 aromatic rings. The number of nitrogens with one attached hydrogen (secondary N) is 1. The molecule has 1 nitrogen and oxygen atoms in total. The van der Waals surface area contributed by atoms with Crippen LogP contribution in [0.4, 0.5) is 0 Å². The van der Waals surface area contributed by atoms with E-state index in [1.165, 1.54) is 20.3 Å². The molecule has 0 radical (unpaired) electrons. The maximum absolute atomic E-state index is 3.59. The Morgan fingerprint density at radius 2 is 1.89 bits per heavy atom. The Labute approximate surface area is 129 Å². The van der Waals surface area contributed by atoms with Gasteiger partial charge in [0.25, 0.3) is 0 Å². The summed E-state index contributed by atoms with van der Waals surface area (Å²) in [4.78, 5) is 0. The first-order chi connectivity index (χ1) is 9.19. The zero-order valence-electron chi connectivity index (χ0n) is 11.5. The summed E-state index contributed by atoms with van der Waals surface area (Å²) in [5.41, 5.74) is 4.09. The van der Waals surface area contributed by atoms with Crippen LogP contribution in [0.3, 0.4) is 0 Å². The third-order valence-corrected chi connectivity index (χ3v) is 3.89. The molecule has 0 heterocycles. The van der Waals surface area contributed by atoms with Crippen molar-refractivity contribution in [2.24, 2.45) is 0 Å². The van der Waals surface area contributed by atoms with Crippen molar-refractivity contribution < 1.29 is 0 Å². The first-order valence-electron chi connectivity index (χ1n) is 6.73. The molecule has 0 fully saturated rings. The Morgan fingerprint density at radius 1 is 1.11 bits per heavy atom. The van der Waals surface area contributed by atoms with Crippen molar-refractivity contribution in [1.82, 2.24) is 5.32 Å². The van der Waals surface area contributed by atoms with Crippen molar-refractivity contribution in [3.8, 4) is 0 Å². The fourth-order valence-corrected chi connectivity index (χ4v) is 2.92. The van der Waals surface area contributed by atoms with Crippen molar-refractivity contribution in [2.75, 3.05) is 6.54 Å². The van der Waals surface area contributed by atoms with E-state index < -0.39 is 0 Å². The molecule has 0 saturated heterocycles. The summed E-state index contributed by atoms with van der Waals surface area (Å²) in [6.45, 7) is 5.30. The highest BCUT2D eigenvalue weighted by Crippen LogP contribution is 2.20. The first-order valence-corrected chi connectivity index (χ1v) is 7.81. The quantitative estimate of drug-likeness (QED) is 0.770. The van der Waals surface area contributed by atoms with Gasteiger partial charge in [-0.2, -0.15) is 0 Å². The van der Waals surface area contributed by atoms with Crippen molar-refractivity contribution in [1.29, 1.82) is 0 Å². The summed E-state index contributed by atoms with van der Waals surface area (Å²) < 4.78 is 1.29. The number of rotatable bonds is 5. The summed E-state index contributed by atoms with van der Waals surface area (Å²) >= 11 is 2.38. The second kappa shape index (κ2) is 7.06. The molecule has 19 heavy (non-hydrogen) atoms. The second-order valence-electron chi connectivity index (χ2n) is 4.86. The third-order valence-electron chi connectivity index (χ3n) is 3.22. The lowest BCUT2D eigenvalue weighted by Crippen LogP contribution is -2.23. The van der Waals surface area contributed by atoms with Gasteiger partial charge in [-0.05, 0) is 65.7 Å². The number of benzene rings is 2. The summed E-state index contributed by atoms with van der Waals surface area (Å²) in [5, 5.41) is 3.59. The third kappa shape index (κ3) is 4.32. The van der Waals surface area contributed by atoms with E-state index >= 15 is 0 Å². The topological polar surface area (TPSA) is 12.0 Å². The number of hydrogen-bond donors (Lipinski definition) is 1. The van der Waals surface area contributed by atoms with Gasteiger partial charge in [-0.1, -0.05) is 48.9 Å². The van der Waals surface area contributed by atoms with E-state index in [4.69, 9.17) is 0 Å². The van der Waals surface area contributed by atoms with Crippen LogP contribution in [0.25, 0.3) is 0 Å². The minimum atomic E-state index is 0.390. The summed E-state index contributed by atoms with van der Waals surface area (Å²) in [6, 6.07) is 17.9. The number of aryl methyl sites for hydroxylation is 1. The van der Waals surface area contributed by atoms with E-state index in [9.17, 15) is 0 Å². The Bertz CT molecular complexity index is 536. The second-order valence-corrected chi connectivity index (χ2v) is 6.10. The van der Waals surface area contributed by atoms with Crippen molar-refractivity contribution in [3.05, 3.63) is 68.8 Å². The minimum absolute atomic E-state index is 0.390. The van der Waals surface area contributed by atoms with Crippen LogP contribution in [-0.2, 0) is 6.42 Å². The molecule has 0 aliphatic heterocycles. The number of halogens is 1. The van der Waals surface area contributed by atoms with Gasteiger partial charge in [0.2, 0.25) is 0 Å². The molecular formula is C17H20IN. The Balaban J connectivity index is 2.21. The normalized spacial score (nSPS) is 12.4. The maximum atomic E-state index is 3.59. The highest BCUT2D eigenvalue weighted by atomic mass is 127. The van der Waals surface area contributed by atoms with Crippen molar-refractivity contribution in [3.63, 3.8) is 0 Å². The standard InChI is InChI=1S/C17H20IN/c1-3-19-17(15-8-5-9-16(18)12-15)11-14-7-4-6-13(2)10-14/h4-10,12,17,19H,3,11H2,1-2H3. The smallest absolute Gasteiger partial charge is 0.0361 e. The molecule has 0 amide bonds. The fraction of sp³-hybridized carbons (Fsp3) is 0.294. The minimum Gasteiger partial charge on any atom is -0.310 e. The zero-order valence-corrected chi connectivity index (χ0v) is 13.6. The van der Waals surface area contributed by atoms with Crippen LogP contribution in [-0.4, -0.2) is 6.54 Å². The van der Waals surface area contributed by atoms with Gasteiger partial charge in [-0.3, -0.25) is 0 Å². The molecule has 1 N–H and O–H groups in total. The summed E-state index contributed by atoms with van der Waals surface area (Å²) in [6.07, 6.45) is 1.04. The van der Waals surface area contributed by atoms with E-state index in [1.54, 1.807) is 0 Å². The van der Waals surface area contributed by atoms with E-state index in [2.05, 4.69) is 90.3 Å². The molecule has 100 valence electrons. The largest absolute Gasteiger partial charge is 0.310 e. The highest BCUT2D eigenvalue weighted by molar-refractivity contribution is 14.1. The lowest BCUT2D eigenvalue weighted by atomic mass is 9.98. The van der Waals surface area contributed by atoms with Crippen LogP contribution < -0.4 is 5.32 Å². The average molecular weight is 365 g/mol. The fourth-order valence-electron chi connectivity index (χ4n) is 2.35. The Hall–Kier alpha value is -0.870. The number of hydrogen-bond acceptors (Lipinski definition) is 1. The molecular weight excluding hydrogens is 345 g/mol. The molecule has 1 atom stereocenters. The van der Waals surface area contributed by atoms with Gasteiger partial charge < -0.3 is 5.32 Å². The predicted octanol–water partition coefficient (Wildman–Crippen LogP) is 4.49. The van der Waals surface area contributed by atoms with Gasteiger partial charge in [-0.25, -0.2) is 0 Å². The van der Waals surface area contributed by atoms with E-state index in [-0.39, 0.29) is 0 Å². The molecule has 0 saturated carbocycles. The summed E-state index contributed by atoms with van der Waals surface area (Å²) in [7, 11) is 0. The van der Waals surface area contributed by atoms with Crippen LogP contribution in [0.15, 0.2) is 48.5 Å². The van der Waals surface area contributed by atoms with Crippen LogP contribution in [0.5, 0.6) is 0 Å². The maximum Gasteiger partial charge on any atom is 0.0361 e. The molecule has 0 bridgehead atoms. The molecule has 0 aromatic heterocycles. The van der Waals surface area contributed by atoms with Crippen LogP contribution >= 0.6 is 22.6 Å². The van der Waals surface area contributed by atoms with Gasteiger partial charge in [0, 0.05) is 9.61 Å². The van der Waals surface area contributed by atoms with Gasteiger partial charge in [0.15, 0.2) is 0 Å². The van der Waals surface area contributed by atoms with Crippen LogP contribution in [0.2, 0.25) is 0 Å². The van der Waals surface area contributed by atoms with E-state index in [0.717, 1.165) is 13.0 Å². The predicted molar refractivity (Wildman–Crippen MR) is 90.5 cm³/mol. The highest BCUT2D eigenvalue weighted by Gasteiger charge is 2.11. The van der Waals surface area contributed by atoms with Crippen molar-refractivity contribution in [2.45, 2.75) is 26.3 Å². The van der Waals surface area contributed by atoms with Crippen molar-refractivity contribution >= 4 is 22.6 Å². The van der Waals surface area contributed by atoms with E-state index in [1.807, 2.05) is 0 Å². The molecule has 0 spiro atoms. The molecule has 0 aliphatic rings. The number of likely N-dealkylation sites (N-methyl/N-ethyl adjacent to an activating group) is 1. The van der Waals surface area contributed by atoms with E-state index in [0.29, 0.717) is 6.04 Å². The first kappa shape index (κ1) is 14.5. The van der Waals surface area contributed by atoms with Crippen LogP contribution in [0.1, 0.15) is 29.7 Å². The molecule has 2 aromatic carbocycles. The molecule has 0 aliphatic carbocycles. The van der Waals surface area contributed by atoms with Gasteiger partial charge >= 0.3 is 0 Å².